The standard InChI is InChI=1S/C18H20/c1-14-10-11-18-16(12-14)8-5-9-17(18)13-15-6-3-2-4-7-15/h2-4,6-7,10-12,17H,5,8-9,13H2,1H3. The Hall–Kier alpha value is -1.56. The molecule has 1 aliphatic carbocycles. The van der Waals surface area contributed by atoms with Gasteiger partial charge in [0.25, 0.3) is 0 Å². The van der Waals surface area contributed by atoms with Crippen molar-refractivity contribution in [1.82, 2.24) is 0 Å². The van der Waals surface area contributed by atoms with Crippen molar-refractivity contribution in [2.24, 2.45) is 0 Å². The van der Waals surface area contributed by atoms with E-state index >= 15 is 0 Å². The molecule has 92 valence electrons. The van der Waals surface area contributed by atoms with Crippen LogP contribution in [0.5, 0.6) is 0 Å². The first-order valence-corrected chi connectivity index (χ1v) is 6.96. The summed E-state index contributed by atoms with van der Waals surface area (Å²) in [5, 5.41) is 0. The first-order valence-electron chi connectivity index (χ1n) is 6.96. The van der Waals surface area contributed by atoms with Crippen molar-refractivity contribution >= 4 is 0 Å². The van der Waals surface area contributed by atoms with Gasteiger partial charge in [0.15, 0.2) is 0 Å². The number of hydrogen-bond donors (Lipinski definition) is 0. The van der Waals surface area contributed by atoms with Crippen LogP contribution in [-0.2, 0) is 12.8 Å². The van der Waals surface area contributed by atoms with Gasteiger partial charge in [-0.15, -0.1) is 0 Å². The van der Waals surface area contributed by atoms with Crippen LogP contribution in [0.25, 0.3) is 0 Å². The first kappa shape index (κ1) is 11.5. The molecule has 1 aliphatic rings. The minimum atomic E-state index is 0.719. The Kier molecular flexibility index (Phi) is 3.19. The molecule has 0 bridgehead atoms. The van der Waals surface area contributed by atoms with Crippen LogP contribution in [0.3, 0.4) is 0 Å². The maximum absolute atomic E-state index is 2.38. The zero-order valence-electron chi connectivity index (χ0n) is 11.0. The van der Waals surface area contributed by atoms with Crippen molar-refractivity contribution < 1.29 is 0 Å². The van der Waals surface area contributed by atoms with E-state index in [0.29, 0.717) is 0 Å². The van der Waals surface area contributed by atoms with Crippen LogP contribution < -0.4 is 0 Å². The van der Waals surface area contributed by atoms with Gasteiger partial charge < -0.3 is 0 Å². The van der Waals surface area contributed by atoms with Gasteiger partial charge in [-0.1, -0.05) is 54.1 Å². The van der Waals surface area contributed by atoms with Crippen LogP contribution in [0.1, 0.15) is 41.0 Å². The number of hydrogen-bond acceptors (Lipinski definition) is 0. The summed E-state index contributed by atoms with van der Waals surface area (Å²) in [6, 6.07) is 17.9. The molecule has 0 saturated heterocycles. The minimum Gasteiger partial charge on any atom is -0.0622 e. The molecule has 0 N–H and O–H groups in total. The topological polar surface area (TPSA) is 0 Å². The molecule has 0 fully saturated rings. The van der Waals surface area contributed by atoms with Crippen LogP contribution >= 0.6 is 0 Å². The van der Waals surface area contributed by atoms with E-state index < -0.39 is 0 Å². The van der Waals surface area contributed by atoms with Crippen molar-refractivity contribution in [1.29, 1.82) is 0 Å². The summed E-state index contributed by atoms with van der Waals surface area (Å²) < 4.78 is 0. The van der Waals surface area contributed by atoms with E-state index in [4.69, 9.17) is 0 Å². The number of rotatable bonds is 2. The highest BCUT2D eigenvalue weighted by atomic mass is 14.2. The molecule has 0 spiro atoms. The highest BCUT2D eigenvalue weighted by Gasteiger charge is 2.20. The number of benzene rings is 2. The maximum atomic E-state index is 2.38. The normalized spacial score (nSPS) is 18.4. The molecule has 0 saturated carbocycles. The van der Waals surface area contributed by atoms with Crippen molar-refractivity contribution in [2.75, 3.05) is 0 Å². The van der Waals surface area contributed by atoms with Gasteiger partial charge in [0.1, 0.15) is 0 Å². The molecular formula is C18H20. The monoisotopic (exact) mass is 236 g/mol. The molecule has 2 aromatic rings. The SMILES string of the molecule is Cc1ccc2c(c1)CCCC2Cc1ccccc1. The lowest BCUT2D eigenvalue weighted by Crippen LogP contribution is -2.12. The summed E-state index contributed by atoms with van der Waals surface area (Å²) in [7, 11) is 0. The van der Waals surface area contributed by atoms with E-state index in [9.17, 15) is 0 Å². The predicted molar refractivity (Wildman–Crippen MR) is 77.0 cm³/mol. The highest BCUT2D eigenvalue weighted by Crippen LogP contribution is 2.34. The summed E-state index contributed by atoms with van der Waals surface area (Å²) in [5.74, 6) is 0.719. The number of fused-ring (bicyclic) bond motifs is 1. The summed E-state index contributed by atoms with van der Waals surface area (Å²) in [4.78, 5) is 0. The molecule has 0 heteroatoms. The molecule has 1 atom stereocenters. The second-order valence-electron chi connectivity index (χ2n) is 5.48. The molecule has 18 heavy (non-hydrogen) atoms. The molecule has 0 radical (unpaired) electrons. The van der Waals surface area contributed by atoms with Crippen LogP contribution in [0.4, 0.5) is 0 Å². The third-order valence-electron chi connectivity index (χ3n) is 4.06. The summed E-state index contributed by atoms with van der Waals surface area (Å²) in [5.41, 5.74) is 6.04. The third kappa shape index (κ3) is 2.33. The van der Waals surface area contributed by atoms with E-state index in [-0.39, 0.29) is 0 Å². The Balaban J connectivity index is 1.87. The van der Waals surface area contributed by atoms with Crippen molar-refractivity contribution in [3.8, 4) is 0 Å². The quantitative estimate of drug-likeness (QED) is 0.711. The predicted octanol–water partition coefficient (Wildman–Crippen LogP) is 4.66. The fourth-order valence-electron chi connectivity index (χ4n) is 3.15. The summed E-state index contributed by atoms with van der Waals surface area (Å²) in [6.45, 7) is 2.20. The lowest BCUT2D eigenvalue weighted by molar-refractivity contribution is 0.550. The van der Waals surface area contributed by atoms with E-state index in [1.165, 1.54) is 36.8 Å². The first-order chi connectivity index (χ1) is 8.83. The molecule has 2 aromatic carbocycles. The fraction of sp³-hybridized carbons (Fsp3) is 0.333. The zero-order valence-corrected chi connectivity index (χ0v) is 11.0. The van der Waals surface area contributed by atoms with Crippen molar-refractivity contribution in [2.45, 2.75) is 38.5 Å². The van der Waals surface area contributed by atoms with E-state index in [0.717, 1.165) is 5.92 Å². The Morgan fingerprint density at radius 1 is 1.06 bits per heavy atom. The molecule has 0 nitrogen and oxygen atoms in total. The zero-order chi connectivity index (χ0) is 12.4. The Labute approximate surface area is 110 Å². The molecule has 3 rings (SSSR count). The molecule has 1 unspecified atom stereocenters. The van der Waals surface area contributed by atoms with Gasteiger partial charge in [0.2, 0.25) is 0 Å². The van der Waals surface area contributed by atoms with Gasteiger partial charge in [-0.3, -0.25) is 0 Å². The van der Waals surface area contributed by atoms with E-state index in [1.807, 2.05) is 0 Å². The Morgan fingerprint density at radius 2 is 1.89 bits per heavy atom. The Morgan fingerprint density at radius 3 is 2.72 bits per heavy atom. The van der Waals surface area contributed by atoms with Gasteiger partial charge in [-0.2, -0.15) is 0 Å². The smallest absolute Gasteiger partial charge is 0.0119 e. The lowest BCUT2D eigenvalue weighted by atomic mass is 9.79. The third-order valence-corrected chi connectivity index (χ3v) is 4.06. The fourth-order valence-corrected chi connectivity index (χ4v) is 3.15. The number of aryl methyl sites for hydroxylation is 2. The van der Waals surface area contributed by atoms with Crippen LogP contribution in [0, 0.1) is 6.92 Å². The molecule has 0 aliphatic heterocycles. The average Bonchev–Trinajstić information content (AvgIpc) is 2.40. The minimum absolute atomic E-state index is 0.719. The van der Waals surface area contributed by atoms with Crippen molar-refractivity contribution in [3.05, 3.63) is 70.8 Å². The average molecular weight is 236 g/mol. The molecule has 0 heterocycles. The summed E-state index contributed by atoms with van der Waals surface area (Å²) in [6.07, 6.45) is 5.14. The Bertz CT molecular complexity index is 525. The van der Waals surface area contributed by atoms with Gasteiger partial charge in [-0.25, -0.2) is 0 Å². The second kappa shape index (κ2) is 4.97. The van der Waals surface area contributed by atoms with Gasteiger partial charge in [0.05, 0.1) is 0 Å². The molecular weight excluding hydrogens is 216 g/mol. The lowest BCUT2D eigenvalue weighted by Gasteiger charge is -2.26. The van der Waals surface area contributed by atoms with Gasteiger partial charge in [0, 0.05) is 0 Å². The van der Waals surface area contributed by atoms with Crippen LogP contribution in [-0.4, -0.2) is 0 Å². The van der Waals surface area contributed by atoms with Crippen molar-refractivity contribution in [3.63, 3.8) is 0 Å². The van der Waals surface area contributed by atoms with Crippen LogP contribution in [0.2, 0.25) is 0 Å². The largest absolute Gasteiger partial charge is 0.0622 e. The summed E-state index contributed by atoms with van der Waals surface area (Å²) >= 11 is 0. The van der Waals surface area contributed by atoms with Crippen LogP contribution in [0.15, 0.2) is 48.5 Å². The van der Waals surface area contributed by atoms with E-state index in [2.05, 4.69) is 55.5 Å². The van der Waals surface area contributed by atoms with Gasteiger partial charge in [-0.05, 0) is 55.2 Å². The molecule has 0 amide bonds. The maximum Gasteiger partial charge on any atom is -0.0119 e. The highest BCUT2D eigenvalue weighted by molar-refractivity contribution is 5.37. The second-order valence-corrected chi connectivity index (χ2v) is 5.48. The molecule has 0 aromatic heterocycles. The van der Waals surface area contributed by atoms with E-state index in [1.54, 1.807) is 11.1 Å². The van der Waals surface area contributed by atoms with Gasteiger partial charge >= 0.3 is 0 Å².